The molecule has 2 rings (SSSR count). The lowest BCUT2D eigenvalue weighted by molar-refractivity contribution is -0.122. The molecule has 1 aromatic rings. The Labute approximate surface area is 113 Å². The van der Waals surface area contributed by atoms with Gasteiger partial charge in [0.15, 0.2) is 0 Å². The minimum atomic E-state index is -0.491. The molecule has 3 N–H and O–H groups in total. The highest BCUT2D eigenvalue weighted by Gasteiger charge is 2.23. The van der Waals surface area contributed by atoms with Crippen molar-refractivity contribution < 1.29 is 9.90 Å². The quantitative estimate of drug-likeness (QED) is 0.856. The molecule has 1 amide bonds. The fraction of sp³-hybridized carbons (Fsp3) is 0.571. The van der Waals surface area contributed by atoms with Crippen LogP contribution in [0.3, 0.4) is 0 Å². The third-order valence-electron chi connectivity index (χ3n) is 3.76. The predicted molar refractivity (Wildman–Crippen MR) is 73.6 cm³/mol. The summed E-state index contributed by atoms with van der Waals surface area (Å²) in [7, 11) is 0. The predicted octanol–water partition coefficient (Wildman–Crippen LogP) is 1.23. The van der Waals surface area contributed by atoms with Gasteiger partial charge in [0.25, 0.3) is 0 Å². The van der Waals surface area contributed by atoms with Crippen LogP contribution in [0.5, 0.6) is 0 Å². The highest BCUT2D eigenvalue weighted by atomic mass is 16.3. The van der Waals surface area contributed by atoms with Gasteiger partial charge in [0.1, 0.15) is 0 Å². The van der Waals surface area contributed by atoms with Crippen molar-refractivity contribution >= 4 is 11.6 Å². The minimum absolute atomic E-state index is 0.00500. The number of carbonyl (C=O) groups is 1. The molecular weight excluding hydrogens is 242 g/mol. The van der Waals surface area contributed by atoms with Crippen LogP contribution in [0.15, 0.2) is 18.3 Å². The second kappa shape index (κ2) is 6.02. The molecule has 0 spiro atoms. The maximum atomic E-state index is 11.1. The molecule has 104 valence electrons. The van der Waals surface area contributed by atoms with Crippen molar-refractivity contribution in [3.05, 3.63) is 24.0 Å². The molecule has 1 aliphatic rings. The molecule has 1 fully saturated rings. The summed E-state index contributed by atoms with van der Waals surface area (Å²) in [5.74, 6) is -0.190. The summed E-state index contributed by atoms with van der Waals surface area (Å²) in [4.78, 5) is 17.6. The molecular formula is C14H21N3O2. The van der Waals surface area contributed by atoms with Crippen molar-refractivity contribution in [3.63, 3.8) is 0 Å². The number of hydrogen-bond donors (Lipinski definition) is 2. The number of carbonyl (C=O) groups excluding carboxylic acids is 1. The lowest BCUT2D eigenvalue weighted by Gasteiger charge is -2.32. The number of anilines is 1. The molecule has 1 atom stereocenters. The Balaban J connectivity index is 1.98. The standard InChI is InChI=1S/C14H21N3O2/c1-2-13(18)12-4-3-11(9-16-12)17-7-5-10(6-8-17)14(15)19/h3-4,9-10,13,18H,2,5-8H2,1H3,(H2,15,19). The summed E-state index contributed by atoms with van der Waals surface area (Å²) in [5.41, 5.74) is 7.07. The minimum Gasteiger partial charge on any atom is -0.387 e. The monoisotopic (exact) mass is 263 g/mol. The highest BCUT2D eigenvalue weighted by Crippen LogP contribution is 2.23. The lowest BCUT2D eigenvalue weighted by atomic mass is 9.96. The van der Waals surface area contributed by atoms with Gasteiger partial charge >= 0.3 is 0 Å². The number of aliphatic hydroxyl groups excluding tert-OH is 1. The summed E-state index contributed by atoms with van der Waals surface area (Å²) in [6.07, 6.45) is 3.56. The van der Waals surface area contributed by atoms with Crippen molar-refractivity contribution in [3.8, 4) is 0 Å². The highest BCUT2D eigenvalue weighted by molar-refractivity contribution is 5.77. The van der Waals surface area contributed by atoms with E-state index in [9.17, 15) is 9.90 Å². The summed E-state index contributed by atoms with van der Waals surface area (Å²) in [5, 5.41) is 9.70. The molecule has 5 heteroatoms. The number of nitrogens with two attached hydrogens (primary N) is 1. The number of aromatic nitrogens is 1. The molecule has 5 nitrogen and oxygen atoms in total. The Morgan fingerprint density at radius 1 is 1.53 bits per heavy atom. The van der Waals surface area contributed by atoms with Crippen LogP contribution >= 0.6 is 0 Å². The van der Waals surface area contributed by atoms with Gasteiger partial charge in [-0.3, -0.25) is 9.78 Å². The van der Waals surface area contributed by atoms with Crippen LogP contribution in [0.25, 0.3) is 0 Å². The van der Waals surface area contributed by atoms with Crippen LogP contribution in [0.1, 0.15) is 38.0 Å². The molecule has 0 radical (unpaired) electrons. The number of rotatable bonds is 4. The summed E-state index contributed by atoms with van der Waals surface area (Å²) >= 11 is 0. The third-order valence-corrected chi connectivity index (χ3v) is 3.76. The van der Waals surface area contributed by atoms with E-state index in [4.69, 9.17) is 5.73 Å². The van der Waals surface area contributed by atoms with Gasteiger partial charge in [0.2, 0.25) is 5.91 Å². The maximum absolute atomic E-state index is 11.1. The largest absolute Gasteiger partial charge is 0.387 e. The molecule has 0 saturated carbocycles. The van der Waals surface area contributed by atoms with Crippen LogP contribution < -0.4 is 10.6 Å². The van der Waals surface area contributed by atoms with Crippen LogP contribution in [0.4, 0.5) is 5.69 Å². The molecule has 1 aliphatic heterocycles. The van der Waals surface area contributed by atoms with Crippen molar-refractivity contribution in [1.29, 1.82) is 0 Å². The van der Waals surface area contributed by atoms with Crippen molar-refractivity contribution in [2.45, 2.75) is 32.3 Å². The first-order chi connectivity index (χ1) is 9.11. The molecule has 0 aliphatic carbocycles. The average molecular weight is 263 g/mol. The van der Waals surface area contributed by atoms with E-state index in [-0.39, 0.29) is 11.8 Å². The SMILES string of the molecule is CCC(O)c1ccc(N2CCC(C(N)=O)CC2)cn1. The number of amides is 1. The Morgan fingerprint density at radius 2 is 2.21 bits per heavy atom. The van der Waals surface area contributed by atoms with Gasteiger partial charge in [-0.05, 0) is 31.4 Å². The van der Waals surface area contributed by atoms with Gasteiger partial charge in [-0.2, -0.15) is 0 Å². The fourth-order valence-corrected chi connectivity index (χ4v) is 2.41. The second-order valence-corrected chi connectivity index (χ2v) is 5.03. The van der Waals surface area contributed by atoms with E-state index in [1.54, 1.807) is 6.20 Å². The first-order valence-corrected chi connectivity index (χ1v) is 6.80. The molecule has 19 heavy (non-hydrogen) atoms. The second-order valence-electron chi connectivity index (χ2n) is 5.03. The third kappa shape index (κ3) is 3.23. The smallest absolute Gasteiger partial charge is 0.220 e. The number of pyridine rings is 1. The molecule has 0 bridgehead atoms. The van der Waals surface area contributed by atoms with Crippen molar-refractivity contribution in [1.82, 2.24) is 4.98 Å². The molecule has 0 aromatic carbocycles. The summed E-state index contributed by atoms with van der Waals surface area (Å²) < 4.78 is 0. The zero-order chi connectivity index (χ0) is 13.8. The van der Waals surface area contributed by atoms with Crippen LogP contribution in [-0.2, 0) is 4.79 Å². The van der Waals surface area contributed by atoms with Crippen LogP contribution in [-0.4, -0.2) is 29.1 Å². The van der Waals surface area contributed by atoms with E-state index in [1.807, 2.05) is 19.1 Å². The zero-order valence-electron chi connectivity index (χ0n) is 11.2. The maximum Gasteiger partial charge on any atom is 0.220 e. The van der Waals surface area contributed by atoms with Gasteiger partial charge < -0.3 is 15.7 Å². The van der Waals surface area contributed by atoms with E-state index in [0.29, 0.717) is 12.1 Å². The van der Waals surface area contributed by atoms with E-state index < -0.39 is 6.10 Å². The Hall–Kier alpha value is -1.62. The van der Waals surface area contributed by atoms with E-state index in [2.05, 4.69) is 9.88 Å². The topological polar surface area (TPSA) is 79.5 Å². The Kier molecular flexibility index (Phi) is 4.37. The van der Waals surface area contributed by atoms with Gasteiger partial charge in [0, 0.05) is 19.0 Å². The molecule has 2 heterocycles. The van der Waals surface area contributed by atoms with Crippen LogP contribution in [0, 0.1) is 5.92 Å². The van der Waals surface area contributed by atoms with E-state index in [1.165, 1.54) is 0 Å². The molecule has 1 unspecified atom stereocenters. The Morgan fingerprint density at radius 3 is 2.68 bits per heavy atom. The van der Waals surface area contributed by atoms with Crippen molar-refractivity contribution in [2.24, 2.45) is 11.7 Å². The first kappa shape index (κ1) is 13.8. The van der Waals surface area contributed by atoms with Gasteiger partial charge in [0.05, 0.1) is 23.7 Å². The number of aliphatic hydroxyl groups is 1. The summed E-state index contributed by atoms with van der Waals surface area (Å²) in [6.45, 7) is 3.57. The lowest BCUT2D eigenvalue weighted by Crippen LogP contribution is -2.38. The van der Waals surface area contributed by atoms with Gasteiger partial charge in [-0.25, -0.2) is 0 Å². The summed E-state index contributed by atoms with van der Waals surface area (Å²) in [6, 6.07) is 3.84. The van der Waals surface area contributed by atoms with Crippen LogP contribution in [0.2, 0.25) is 0 Å². The van der Waals surface area contributed by atoms with E-state index >= 15 is 0 Å². The van der Waals surface area contributed by atoms with Gasteiger partial charge in [-0.1, -0.05) is 6.92 Å². The number of primary amides is 1. The Bertz CT molecular complexity index is 425. The molecule has 1 aromatic heterocycles. The number of nitrogens with zero attached hydrogens (tertiary/aromatic N) is 2. The number of hydrogen-bond acceptors (Lipinski definition) is 4. The number of piperidine rings is 1. The average Bonchev–Trinajstić information content (AvgIpc) is 2.46. The normalized spacial score (nSPS) is 18.3. The van der Waals surface area contributed by atoms with Crippen molar-refractivity contribution in [2.75, 3.05) is 18.0 Å². The van der Waals surface area contributed by atoms with E-state index in [0.717, 1.165) is 31.6 Å². The fourth-order valence-electron chi connectivity index (χ4n) is 2.41. The molecule has 1 saturated heterocycles. The first-order valence-electron chi connectivity index (χ1n) is 6.80. The zero-order valence-corrected chi connectivity index (χ0v) is 11.2. The van der Waals surface area contributed by atoms with Gasteiger partial charge in [-0.15, -0.1) is 0 Å².